The molecule has 0 spiro atoms. The van der Waals surface area contributed by atoms with Gasteiger partial charge in [-0.25, -0.2) is 0 Å². The number of ether oxygens (including phenoxy) is 2. The van der Waals surface area contributed by atoms with Gasteiger partial charge in [-0.15, -0.1) is 0 Å². The Labute approximate surface area is 135 Å². The lowest BCUT2D eigenvalue weighted by Crippen LogP contribution is -2.50. The third-order valence-electron chi connectivity index (χ3n) is 4.11. The maximum absolute atomic E-state index is 6.26. The van der Waals surface area contributed by atoms with Gasteiger partial charge in [0.05, 0.1) is 28.0 Å². The first kappa shape index (κ1) is 16.9. The summed E-state index contributed by atoms with van der Waals surface area (Å²) in [6.45, 7) is 10.3. The van der Waals surface area contributed by atoms with Crippen LogP contribution in [0.3, 0.4) is 0 Å². The highest BCUT2D eigenvalue weighted by Gasteiger charge is 2.43. The van der Waals surface area contributed by atoms with Crippen LogP contribution < -0.4 is 5.32 Å². The molecule has 1 aliphatic heterocycles. The summed E-state index contributed by atoms with van der Waals surface area (Å²) in [5.41, 5.74) is 0.952. The summed E-state index contributed by atoms with van der Waals surface area (Å²) in [7, 11) is 0. The molecule has 6 heteroatoms. The largest absolute Gasteiger partial charge is 0.381 e. The van der Waals surface area contributed by atoms with Crippen molar-refractivity contribution in [2.24, 2.45) is 0 Å². The molecular weight excluding hydrogens is 334 g/mol. The molecule has 1 unspecified atom stereocenters. The van der Waals surface area contributed by atoms with Gasteiger partial charge in [0.1, 0.15) is 0 Å². The van der Waals surface area contributed by atoms with Crippen molar-refractivity contribution in [1.29, 1.82) is 0 Å². The second-order valence-electron chi connectivity index (χ2n) is 5.29. The third kappa shape index (κ3) is 3.50. The first-order valence-corrected chi connectivity index (χ1v) is 8.64. The lowest BCUT2D eigenvalue weighted by molar-refractivity contribution is -0.129. The Morgan fingerprint density at radius 2 is 2.14 bits per heavy atom. The van der Waals surface area contributed by atoms with Gasteiger partial charge in [0.15, 0.2) is 0 Å². The molecule has 2 rings (SSSR count). The van der Waals surface area contributed by atoms with E-state index < -0.39 is 0 Å². The summed E-state index contributed by atoms with van der Waals surface area (Å²) in [5, 5.41) is 8.09. The fraction of sp³-hybridized carbons (Fsp3) is 0.800. The van der Waals surface area contributed by atoms with E-state index in [0.29, 0.717) is 6.61 Å². The molecule has 1 saturated heterocycles. The van der Waals surface area contributed by atoms with Gasteiger partial charge in [-0.1, -0.05) is 6.92 Å². The number of hydrogen-bond acceptors (Lipinski definition) is 4. The van der Waals surface area contributed by atoms with Crippen LogP contribution in [-0.2, 0) is 16.0 Å². The summed E-state index contributed by atoms with van der Waals surface area (Å²) < 4.78 is 14.9. The van der Waals surface area contributed by atoms with Gasteiger partial charge in [-0.2, -0.15) is 5.10 Å². The van der Waals surface area contributed by atoms with Gasteiger partial charge in [0, 0.05) is 39.2 Å². The highest BCUT2D eigenvalue weighted by molar-refractivity contribution is 9.10. The van der Waals surface area contributed by atoms with Crippen molar-refractivity contribution >= 4 is 15.9 Å². The molecule has 1 aromatic rings. The van der Waals surface area contributed by atoms with Gasteiger partial charge in [-0.05, 0) is 36.3 Å². The van der Waals surface area contributed by atoms with E-state index in [9.17, 15) is 0 Å². The Hall–Kier alpha value is -0.430. The number of hydrogen-bond donors (Lipinski definition) is 1. The number of aryl methyl sites for hydroxylation is 1. The van der Waals surface area contributed by atoms with Gasteiger partial charge in [-0.3, -0.25) is 4.68 Å². The van der Waals surface area contributed by atoms with Crippen LogP contribution in [0.15, 0.2) is 10.7 Å². The van der Waals surface area contributed by atoms with Crippen LogP contribution in [0.2, 0.25) is 0 Å². The standard InChI is InChI=1S/C15H26BrN3O2/c1-4-17-14(13-12(16)11-18-19(13)5-2)15(21-6-3)7-9-20-10-8-15/h11,14,17H,4-10H2,1-3H3. The Bertz CT molecular complexity index is 439. The van der Waals surface area contributed by atoms with Crippen LogP contribution in [0.5, 0.6) is 0 Å². The van der Waals surface area contributed by atoms with E-state index in [1.807, 2.05) is 10.9 Å². The second-order valence-corrected chi connectivity index (χ2v) is 6.15. The fourth-order valence-corrected chi connectivity index (χ4v) is 3.69. The van der Waals surface area contributed by atoms with Crippen LogP contribution in [0.25, 0.3) is 0 Å². The minimum absolute atomic E-state index is 0.114. The van der Waals surface area contributed by atoms with E-state index in [-0.39, 0.29) is 11.6 Å². The van der Waals surface area contributed by atoms with Crippen molar-refractivity contribution in [2.45, 2.75) is 51.8 Å². The Balaban J connectivity index is 2.41. The minimum atomic E-state index is -0.224. The van der Waals surface area contributed by atoms with Crippen molar-refractivity contribution in [3.63, 3.8) is 0 Å². The molecule has 0 aromatic carbocycles. The maximum Gasteiger partial charge on any atom is 0.0935 e. The predicted molar refractivity (Wildman–Crippen MR) is 86.4 cm³/mol. The van der Waals surface area contributed by atoms with Crippen molar-refractivity contribution in [3.05, 3.63) is 16.4 Å². The molecule has 5 nitrogen and oxygen atoms in total. The quantitative estimate of drug-likeness (QED) is 0.812. The molecule has 1 N–H and O–H groups in total. The van der Waals surface area contributed by atoms with Crippen molar-refractivity contribution < 1.29 is 9.47 Å². The van der Waals surface area contributed by atoms with Crippen LogP contribution >= 0.6 is 15.9 Å². The summed E-state index contributed by atoms with van der Waals surface area (Å²) in [5.74, 6) is 0. The number of nitrogens with zero attached hydrogens (tertiary/aromatic N) is 2. The number of nitrogens with one attached hydrogen (secondary N) is 1. The van der Waals surface area contributed by atoms with Crippen molar-refractivity contribution in [3.8, 4) is 0 Å². The molecule has 1 fully saturated rings. The monoisotopic (exact) mass is 359 g/mol. The molecule has 2 heterocycles. The topological polar surface area (TPSA) is 48.3 Å². The molecule has 1 atom stereocenters. The van der Waals surface area contributed by atoms with Crippen LogP contribution in [-0.4, -0.2) is 41.7 Å². The Morgan fingerprint density at radius 3 is 2.71 bits per heavy atom. The van der Waals surface area contributed by atoms with Gasteiger partial charge in [0.2, 0.25) is 0 Å². The Morgan fingerprint density at radius 1 is 1.43 bits per heavy atom. The average molecular weight is 360 g/mol. The zero-order chi connectivity index (χ0) is 15.3. The summed E-state index contributed by atoms with van der Waals surface area (Å²) in [6, 6.07) is 0.114. The first-order chi connectivity index (χ1) is 10.2. The Kier molecular flexibility index (Phi) is 6.22. The molecular formula is C15H26BrN3O2. The van der Waals surface area contributed by atoms with E-state index in [4.69, 9.17) is 9.47 Å². The van der Waals surface area contributed by atoms with Crippen LogP contribution in [0.1, 0.15) is 45.3 Å². The first-order valence-electron chi connectivity index (χ1n) is 7.84. The molecule has 1 aliphatic rings. The van der Waals surface area contributed by atoms with E-state index in [1.54, 1.807) is 0 Å². The number of aromatic nitrogens is 2. The summed E-state index contributed by atoms with van der Waals surface area (Å²) >= 11 is 3.66. The SMILES string of the molecule is CCNC(c1c(Br)cnn1CC)C1(OCC)CCOCC1. The third-order valence-corrected chi connectivity index (χ3v) is 4.72. The molecule has 120 valence electrons. The molecule has 0 radical (unpaired) electrons. The highest BCUT2D eigenvalue weighted by Crippen LogP contribution is 2.40. The lowest BCUT2D eigenvalue weighted by atomic mass is 9.83. The van der Waals surface area contributed by atoms with Gasteiger partial charge < -0.3 is 14.8 Å². The molecule has 0 amide bonds. The van der Waals surface area contributed by atoms with Crippen LogP contribution in [0, 0.1) is 0 Å². The smallest absolute Gasteiger partial charge is 0.0935 e. The molecule has 0 aliphatic carbocycles. The summed E-state index contributed by atoms with van der Waals surface area (Å²) in [6.07, 6.45) is 3.68. The van der Waals surface area contributed by atoms with E-state index in [0.717, 1.165) is 43.6 Å². The minimum Gasteiger partial charge on any atom is -0.381 e. The number of rotatable bonds is 7. The van der Waals surface area contributed by atoms with Crippen molar-refractivity contribution in [1.82, 2.24) is 15.1 Å². The zero-order valence-electron chi connectivity index (χ0n) is 13.2. The van der Waals surface area contributed by atoms with Crippen LogP contribution in [0.4, 0.5) is 0 Å². The number of likely N-dealkylation sites (N-methyl/N-ethyl adjacent to an activating group) is 1. The summed E-state index contributed by atoms with van der Waals surface area (Å²) in [4.78, 5) is 0. The average Bonchev–Trinajstić information content (AvgIpc) is 2.86. The molecule has 0 saturated carbocycles. The second kappa shape index (κ2) is 7.72. The fourth-order valence-electron chi connectivity index (χ4n) is 3.17. The number of halogens is 1. The van der Waals surface area contributed by atoms with E-state index in [1.165, 1.54) is 5.69 Å². The van der Waals surface area contributed by atoms with Gasteiger partial charge >= 0.3 is 0 Å². The zero-order valence-corrected chi connectivity index (χ0v) is 14.8. The van der Waals surface area contributed by atoms with E-state index >= 15 is 0 Å². The maximum atomic E-state index is 6.26. The molecule has 0 bridgehead atoms. The molecule has 21 heavy (non-hydrogen) atoms. The van der Waals surface area contributed by atoms with Crippen molar-refractivity contribution in [2.75, 3.05) is 26.4 Å². The highest BCUT2D eigenvalue weighted by atomic mass is 79.9. The van der Waals surface area contributed by atoms with E-state index in [2.05, 4.69) is 47.1 Å². The molecule has 1 aromatic heterocycles. The van der Waals surface area contributed by atoms with Gasteiger partial charge in [0.25, 0.3) is 0 Å². The normalized spacial score (nSPS) is 19.6. The lowest BCUT2D eigenvalue weighted by Gasteiger charge is -2.43. The predicted octanol–water partition coefficient (Wildman–Crippen LogP) is 2.90.